The van der Waals surface area contributed by atoms with Crippen LogP contribution in [0.3, 0.4) is 0 Å². The summed E-state index contributed by atoms with van der Waals surface area (Å²) < 4.78 is 4.83. The maximum atomic E-state index is 12.4. The van der Waals surface area contributed by atoms with E-state index in [4.69, 9.17) is 9.84 Å². The minimum Gasteiger partial charge on any atom is -0.480 e. The van der Waals surface area contributed by atoms with Crippen molar-refractivity contribution in [2.24, 2.45) is 5.92 Å². The summed E-state index contributed by atoms with van der Waals surface area (Å²) in [5.41, 5.74) is 1.94. The number of ether oxygens (including phenoxy) is 1. The fraction of sp³-hybridized carbons (Fsp3) is 0.467. The Labute approximate surface area is 123 Å². The van der Waals surface area contributed by atoms with Gasteiger partial charge in [0.15, 0.2) is 6.04 Å². The molecule has 1 aliphatic rings. The van der Waals surface area contributed by atoms with Crippen LogP contribution in [0.1, 0.15) is 12.5 Å². The molecule has 6 heteroatoms. The molecule has 0 aromatic heterocycles. The molecule has 0 bridgehead atoms. The predicted molar refractivity (Wildman–Crippen MR) is 78.5 cm³/mol. The molecule has 0 spiro atoms. The maximum absolute atomic E-state index is 12.4. The van der Waals surface area contributed by atoms with Crippen molar-refractivity contribution in [1.29, 1.82) is 0 Å². The molecule has 1 aromatic carbocycles. The number of urea groups is 1. The molecular weight excluding hydrogens is 272 g/mol. The number of amides is 2. The van der Waals surface area contributed by atoms with E-state index in [0.717, 1.165) is 17.7 Å². The van der Waals surface area contributed by atoms with Gasteiger partial charge in [-0.05, 0) is 24.0 Å². The number of methoxy groups -OCH3 is 1. The third-order valence-corrected chi connectivity index (χ3v) is 3.52. The van der Waals surface area contributed by atoms with E-state index in [-0.39, 0.29) is 6.61 Å². The fourth-order valence-electron chi connectivity index (χ4n) is 2.56. The largest absolute Gasteiger partial charge is 0.480 e. The SMILES string of the molecule is COCC(NC(=O)N1CC(C)Cc2ccccc21)C(=O)O. The second-order valence-electron chi connectivity index (χ2n) is 5.34. The summed E-state index contributed by atoms with van der Waals surface area (Å²) in [4.78, 5) is 25.1. The number of para-hydroxylation sites is 1. The molecule has 6 nitrogen and oxygen atoms in total. The van der Waals surface area contributed by atoms with Crippen molar-refractivity contribution in [3.05, 3.63) is 29.8 Å². The number of carboxylic acid groups (broad SMARTS) is 1. The molecule has 0 fully saturated rings. The Hall–Kier alpha value is -2.08. The summed E-state index contributed by atoms with van der Waals surface area (Å²) in [7, 11) is 1.40. The van der Waals surface area contributed by atoms with Gasteiger partial charge in [-0.1, -0.05) is 25.1 Å². The molecule has 2 amide bonds. The Bertz CT molecular complexity index is 532. The Balaban J connectivity index is 2.17. The molecule has 1 heterocycles. The first kappa shape index (κ1) is 15.3. The number of hydrogen-bond donors (Lipinski definition) is 2. The van der Waals surface area contributed by atoms with Crippen LogP contribution >= 0.6 is 0 Å². The summed E-state index contributed by atoms with van der Waals surface area (Å²) in [6.45, 7) is 2.58. The van der Waals surface area contributed by atoms with Gasteiger partial charge in [-0.15, -0.1) is 0 Å². The first-order valence-electron chi connectivity index (χ1n) is 6.90. The molecule has 1 aliphatic heterocycles. The lowest BCUT2D eigenvalue weighted by Crippen LogP contribution is -2.52. The van der Waals surface area contributed by atoms with E-state index >= 15 is 0 Å². The molecule has 0 radical (unpaired) electrons. The van der Waals surface area contributed by atoms with E-state index in [0.29, 0.717) is 12.5 Å². The van der Waals surface area contributed by atoms with Crippen molar-refractivity contribution in [1.82, 2.24) is 5.32 Å². The van der Waals surface area contributed by atoms with Gasteiger partial charge in [0.05, 0.1) is 6.61 Å². The van der Waals surface area contributed by atoms with Crippen molar-refractivity contribution >= 4 is 17.7 Å². The molecule has 1 aromatic rings. The quantitative estimate of drug-likeness (QED) is 0.881. The second kappa shape index (κ2) is 6.58. The smallest absolute Gasteiger partial charge is 0.328 e. The van der Waals surface area contributed by atoms with Crippen LogP contribution in [0.15, 0.2) is 24.3 Å². The third-order valence-electron chi connectivity index (χ3n) is 3.52. The number of benzene rings is 1. The standard InChI is InChI=1S/C15H20N2O4/c1-10-7-11-5-3-4-6-13(11)17(8-10)15(20)16-12(9-21-2)14(18)19/h3-6,10,12H,7-9H2,1-2H3,(H,16,20)(H,18,19). The lowest BCUT2D eigenvalue weighted by Gasteiger charge is -2.33. The van der Waals surface area contributed by atoms with Crippen molar-refractivity contribution in [3.63, 3.8) is 0 Å². The average Bonchev–Trinajstić information content (AvgIpc) is 2.45. The first-order valence-corrected chi connectivity index (χ1v) is 6.90. The van der Waals surface area contributed by atoms with Crippen molar-refractivity contribution < 1.29 is 19.4 Å². The van der Waals surface area contributed by atoms with Gasteiger partial charge in [-0.3, -0.25) is 4.90 Å². The highest BCUT2D eigenvalue weighted by Crippen LogP contribution is 2.29. The highest BCUT2D eigenvalue weighted by Gasteiger charge is 2.29. The van der Waals surface area contributed by atoms with Crippen molar-refractivity contribution in [2.45, 2.75) is 19.4 Å². The van der Waals surface area contributed by atoms with E-state index in [1.807, 2.05) is 24.3 Å². The van der Waals surface area contributed by atoms with Crippen LogP contribution in [0.5, 0.6) is 0 Å². The number of nitrogens with zero attached hydrogens (tertiary/aromatic N) is 1. The molecule has 0 saturated carbocycles. The van der Waals surface area contributed by atoms with Gasteiger partial charge in [0.25, 0.3) is 0 Å². The zero-order valence-corrected chi connectivity index (χ0v) is 12.2. The number of carbonyl (C=O) groups is 2. The molecule has 2 atom stereocenters. The zero-order valence-electron chi connectivity index (χ0n) is 12.2. The maximum Gasteiger partial charge on any atom is 0.328 e. The second-order valence-corrected chi connectivity index (χ2v) is 5.34. The fourth-order valence-corrected chi connectivity index (χ4v) is 2.56. The van der Waals surface area contributed by atoms with E-state index in [1.54, 1.807) is 4.90 Å². The molecule has 0 saturated heterocycles. The van der Waals surface area contributed by atoms with Gasteiger partial charge in [0.1, 0.15) is 0 Å². The summed E-state index contributed by atoms with van der Waals surface area (Å²) in [5, 5.41) is 11.6. The number of aliphatic carboxylic acids is 1. The third kappa shape index (κ3) is 3.52. The predicted octanol–water partition coefficient (Wildman–Crippen LogP) is 1.49. The number of hydrogen-bond acceptors (Lipinski definition) is 3. The summed E-state index contributed by atoms with van der Waals surface area (Å²) in [5.74, 6) is -0.778. The molecule has 2 N–H and O–H groups in total. The lowest BCUT2D eigenvalue weighted by molar-refractivity contribution is -0.140. The minimum absolute atomic E-state index is 0.0634. The van der Waals surface area contributed by atoms with Gasteiger partial charge in [-0.2, -0.15) is 0 Å². The van der Waals surface area contributed by atoms with Crippen molar-refractivity contribution in [2.75, 3.05) is 25.2 Å². The Kier molecular flexibility index (Phi) is 4.80. The Morgan fingerprint density at radius 2 is 2.19 bits per heavy atom. The normalized spacial score (nSPS) is 18.8. The Morgan fingerprint density at radius 3 is 2.86 bits per heavy atom. The van der Waals surface area contributed by atoms with Crippen LogP contribution in [0.2, 0.25) is 0 Å². The Morgan fingerprint density at radius 1 is 1.48 bits per heavy atom. The van der Waals surface area contributed by atoms with E-state index in [1.165, 1.54) is 7.11 Å². The van der Waals surface area contributed by atoms with Crippen LogP contribution in [-0.2, 0) is 16.0 Å². The number of anilines is 1. The van der Waals surface area contributed by atoms with E-state index in [2.05, 4.69) is 12.2 Å². The van der Waals surface area contributed by atoms with Gasteiger partial charge in [0.2, 0.25) is 0 Å². The molecular formula is C15H20N2O4. The van der Waals surface area contributed by atoms with Gasteiger partial charge < -0.3 is 15.2 Å². The zero-order chi connectivity index (χ0) is 15.4. The number of rotatable bonds is 4. The number of fused-ring (bicyclic) bond motifs is 1. The summed E-state index contributed by atoms with van der Waals surface area (Å²) in [6, 6.07) is 6.24. The lowest BCUT2D eigenvalue weighted by atomic mass is 9.94. The highest BCUT2D eigenvalue weighted by atomic mass is 16.5. The van der Waals surface area contributed by atoms with Crippen LogP contribution in [-0.4, -0.2) is 43.4 Å². The van der Waals surface area contributed by atoms with Crippen LogP contribution in [0.4, 0.5) is 10.5 Å². The topological polar surface area (TPSA) is 78.9 Å². The molecule has 21 heavy (non-hydrogen) atoms. The molecule has 2 unspecified atom stereocenters. The van der Waals surface area contributed by atoms with Gasteiger partial charge >= 0.3 is 12.0 Å². The van der Waals surface area contributed by atoms with Crippen molar-refractivity contribution in [3.8, 4) is 0 Å². The number of nitrogens with one attached hydrogen (secondary N) is 1. The van der Waals surface area contributed by atoms with Crippen LogP contribution in [0, 0.1) is 5.92 Å². The van der Waals surface area contributed by atoms with Gasteiger partial charge in [0, 0.05) is 19.3 Å². The van der Waals surface area contributed by atoms with E-state index < -0.39 is 18.0 Å². The summed E-state index contributed by atoms with van der Waals surface area (Å²) >= 11 is 0. The van der Waals surface area contributed by atoms with Gasteiger partial charge in [-0.25, -0.2) is 9.59 Å². The van der Waals surface area contributed by atoms with Crippen LogP contribution in [0.25, 0.3) is 0 Å². The number of carboxylic acids is 1. The number of carbonyl (C=O) groups excluding carboxylic acids is 1. The average molecular weight is 292 g/mol. The molecule has 0 aliphatic carbocycles. The molecule has 2 rings (SSSR count). The summed E-state index contributed by atoms with van der Waals surface area (Å²) in [6.07, 6.45) is 0.917. The minimum atomic E-state index is -1.11. The van der Waals surface area contributed by atoms with Crippen LogP contribution < -0.4 is 10.2 Å². The highest BCUT2D eigenvalue weighted by molar-refractivity contribution is 5.95. The monoisotopic (exact) mass is 292 g/mol. The first-order chi connectivity index (χ1) is 10.0. The molecule has 114 valence electrons. The van der Waals surface area contributed by atoms with E-state index in [9.17, 15) is 9.59 Å².